The summed E-state index contributed by atoms with van der Waals surface area (Å²) in [6, 6.07) is 0. The molecule has 0 aromatic rings. The Hall–Kier alpha value is -1.31. The van der Waals surface area contributed by atoms with Crippen LogP contribution in [-0.2, 0) is 4.79 Å². The fourth-order valence-corrected chi connectivity index (χ4v) is 0.420. The highest BCUT2D eigenvalue weighted by molar-refractivity contribution is 5.66. The molecule has 0 aromatic carbocycles. The molecule has 0 aromatic heterocycles. The predicted octanol–water partition coefficient (Wildman–Crippen LogP) is 1.76. The first-order chi connectivity index (χ1) is 4.81. The maximum absolute atomic E-state index is 9.87. The van der Waals surface area contributed by atoms with Crippen LogP contribution in [-0.4, -0.2) is 11.4 Å². The third kappa shape index (κ3) is 4.84. The molecular formula is C8H10O2. The molecule has 2 nitrogen and oxygen atoms in total. The number of aldehydes is 1. The second kappa shape index (κ2) is 5.82. The molecule has 0 radical (unpaired) electrons. The van der Waals surface area contributed by atoms with Crippen LogP contribution in [0.3, 0.4) is 0 Å². The van der Waals surface area contributed by atoms with Gasteiger partial charge in [0.25, 0.3) is 0 Å². The minimum atomic E-state index is 0.725. The van der Waals surface area contributed by atoms with Crippen LogP contribution in [0.15, 0.2) is 36.1 Å². The first-order valence-electron chi connectivity index (χ1n) is 2.90. The van der Waals surface area contributed by atoms with Crippen molar-refractivity contribution >= 4 is 6.29 Å². The molecule has 0 aliphatic carbocycles. The van der Waals surface area contributed by atoms with Gasteiger partial charge in [-0.25, -0.2) is 0 Å². The number of carbonyl (C=O) groups excluding carboxylic acids is 1. The summed E-state index contributed by atoms with van der Waals surface area (Å²) in [5.74, 6) is 0. The number of hydrogen-bond donors (Lipinski definition) is 1. The first-order valence-corrected chi connectivity index (χ1v) is 2.90. The largest absolute Gasteiger partial charge is 0.516 e. The van der Waals surface area contributed by atoms with Crippen molar-refractivity contribution in [3.63, 3.8) is 0 Å². The van der Waals surface area contributed by atoms with E-state index in [-0.39, 0.29) is 0 Å². The highest BCUT2D eigenvalue weighted by atomic mass is 16.2. The summed E-state index contributed by atoms with van der Waals surface area (Å²) < 4.78 is 0. The minimum Gasteiger partial charge on any atom is -0.516 e. The number of carbonyl (C=O) groups is 1. The van der Waals surface area contributed by atoms with Crippen LogP contribution < -0.4 is 0 Å². The normalized spacial score (nSPS) is 13.1. The van der Waals surface area contributed by atoms with Gasteiger partial charge in [-0.3, -0.25) is 4.79 Å². The molecule has 1 N–H and O–H groups in total. The monoisotopic (exact) mass is 138 g/mol. The Morgan fingerprint density at radius 1 is 1.40 bits per heavy atom. The number of hydrogen-bond acceptors (Lipinski definition) is 2. The quantitative estimate of drug-likeness (QED) is 0.279. The molecule has 0 rings (SSSR count). The van der Waals surface area contributed by atoms with Gasteiger partial charge in [-0.1, -0.05) is 12.2 Å². The zero-order valence-electron chi connectivity index (χ0n) is 5.82. The summed E-state index contributed by atoms with van der Waals surface area (Å²) in [4.78, 5) is 9.87. The molecule has 2 heteroatoms. The van der Waals surface area contributed by atoms with Gasteiger partial charge in [0, 0.05) is 0 Å². The molecule has 0 fully saturated rings. The van der Waals surface area contributed by atoms with Gasteiger partial charge in [-0.15, -0.1) is 0 Å². The molecule has 0 spiro atoms. The van der Waals surface area contributed by atoms with Gasteiger partial charge < -0.3 is 5.11 Å². The van der Waals surface area contributed by atoms with Crippen LogP contribution in [0.5, 0.6) is 0 Å². The highest BCUT2D eigenvalue weighted by Gasteiger charge is 1.75. The summed E-state index contributed by atoms with van der Waals surface area (Å²) in [5, 5.41) is 8.19. The van der Waals surface area contributed by atoms with Crippen LogP contribution in [0.25, 0.3) is 0 Å². The van der Waals surface area contributed by atoms with Crippen LogP contribution in [0.4, 0.5) is 0 Å². The van der Waals surface area contributed by atoms with Crippen LogP contribution in [0.1, 0.15) is 6.92 Å². The highest BCUT2D eigenvalue weighted by Crippen LogP contribution is 1.92. The lowest BCUT2D eigenvalue weighted by Crippen LogP contribution is -1.68. The molecule has 0 aliphatic heterocycles. The summed E-state index contributed by atoms with van der Waals surface area (Å²) >= 11 is 0. The van der Waals surface area contributed by atoms with Crippen LogP contribution >= 0.6 is 0 Å². The summed E-state index contributed by atoms with van der Waals surface area (Å²) in [6.07, 6.45) is 7.95. The van der Waals surface area contributed by atoms with Crippen LogP contribution in [0, 0.1) is 0 Å². The van der Waals surface area contributed by atoms with Gasteiger partial charge in [0.15, 0.2) is 0 Å². The molecule has 10 heavy (non-hydrogen) atoms. The van der Waals surface area contributed by atoms with Gasteiger partial charge in [0.1, 0.15) is 6.29 Å². The SMILES string of the molecule is CC(/C=C/C=C/O)=C\C=O. The summed E-state index contributed by atoms with van der Waals surface area (Å²) in [7, 11) is 0. The van der Waals surface area contributed by atoms with Crippen molar-refractivity contribution < 1.29 is 9.90 Å². The molecule has 0 heterocycles. The van der Waals surface area contributed by atoms with Gasteiger partial charge >= 0.3 is 0 Å². The Balaban J connectivity index is 3.88. The van der Waals surface area contributed by atoms with E-state index in [9.17, 15) is 4.79 Å². The molecular weight excluding hydrogens is 128 g/mol. The molecule has 0 bridgehead atoms. The van der Waals surface area contributed by atoms with Gasteiger partial charge in [-0.2, -0.15) is 0 Å². The molecule has 0 unspecified atom stereocenters. The second-order valence-corrected chi connectivity index (χ2v) is 1.75. The van der Waals surface area contributed by atoms with E-state index in [1.54, 1.807) is 19.1 Å². The van der Waals surface area contributed by atoms with Gasteiger partial charge in [0.05, 0.1) is 6.26 Å². The van der Waals surface area contributed by atoms with Crippen molar-refractivity contribution in [1.29, 1.82) is 0 Å². The Labute approximate surface area is 60.2 Å². The maximum atomic E-state index is 9.87. The van der Waals surface area contributed by atoms with Crippen molar-refractivity contribution in [3.8, 4) is 0 Å². The molecule has 0 atom stereocenters. The fourth-order valence-electron chi connectivity index (χ4n) is 0.420. The fraction of sp³-hybridized carbons (Fsp3) is 0.125. The van der Waals surface area contributed by atoms with E-state index in [0.29, 0.717) is 0 Å². The lowest BCUT2D eigenvalue weighted by Gasteiger charge is -1.82. The van der Waals surface area contributed by atoms with Crippen molar-refractivity contribution in [2.75, 3.05) is 0 Å². The Kier molecular flexibility index (Phi) is 5.06. The smallest absolute Gasteiger partial charge is 0.143 e. The second-order valence-electron chi connectivity index (χ2n) is 1.75. The lowest BCUT2D eigenvalue weighted by atomic mass is 10.2. The average molecular weight is 138 g/mol. The predicted molar refractivity (Wildman–Crippen MR) is 40.7 cm³/mol. The molecule has 0 saturated carbocycles. The van der Waals surface area contributed by atoms with E-state index in [1.165, 1.54) is 12.2 Å². The van der Waals surface area contributed by atoms with Crippen molar-refractivity contribution in [2.24, 2.45) is 0 Å². The Morgan fingerprint density at radius 2 is 2.10 bits per heavy atom. The van der Waals surface area contributed by atoms with E-state index in [1.807, 2.05) is 0 Å². The summed E-state index contributed by atoms with van der Waals surface area (Å²) in [5.41, 5.74) is 0.855. The van der Waals surface area contributed by atoms with Crippen molar-refractivity contribution in [3.05, 3.63) is 36.1 Å². The number of allylic oxidation sites excluding steroid dienone is 5. The van der Waals surface area contributed by atoms with Gasteiger partial charge in [-0.05, 0) is 24.6 Å². The lowest BCUT2D eigenvalue weighted by molar-refractivity contribution is -0.104. The van der Waals surface area contributed by atoms with E-state index < -0.39 is 0 Å². The maximum Gasteiger partial charge on any atom is 0.143 e. The molecule has 0 aliphatic rings. The van der Waals surface area contributed by atoms with Crippen LogP contribution in [0.2, 0.25) is 0 Å². The molecule has 0 saturated heterocycles. The van der Waals surface area contributed by atoms with Crippen molar-refractivity contribution in [2.45, 2.75) is 6.92 Å². The topological polar surface area (TPSA) is 37.3 Å². The number of aliphatic hydroxyl groups excluding tert-OH is 1. The van der Waals surface area contributed by atoms with Gasteiger partial charge in [0.2, 0.25) is 0 Å². The van der Waals surface area contributed by atoms with E-state index in [0.717, 1.165) is 18.1 Å². The third-order valence-corrected chi connectivity index (χ3v) is 0.887. The number of aliphatic hydroxyl groups is 1. The zero-order valence-corrected chi connectivity index (χ0v) is 5.82. The zero-order chi connectivity index (χ0) is 7.82. The van der Waals surface area contributed by atoms with Crippen molar-refractivity contribution in [1.82, 2.24) is 0 Å². The van der Waals surface area contributed by atoms with E-state index in [2.05, 4.69) is 0 Å². The van der Waals surface area contributed by atoms with E-state index in [4.69, 9.17) is 5.11 Å². The number of rotatable bonds is 3. The summed E-state index contributed by atoms with van der Waals surface area (Å²) in [6.45, 7) is 1.80. The Morgan fingerprint density at radius 3 is 2.60 bits per heavy atom. The standard InChI is InChI=1S/C8H10O2/c1-8(5-7-10)4-2-3-6-9/h2-7,9H,1H3/b4-2+,6-3+,8-5+. The first kappa shape index (κ1) is 8.69. The average Bonchev–Trinajstić information content (AvgIpc) is 1.89. The minimum absolute atomic E-state index is 0.725. The Bertz CT molecular complexity index is 176. The van der Waals surface area contributed by atoms with E-state index >= 15 is 0 Å². The third-order valence-electron chi connectivity index (χ3n) is 0.887. The molecule has 0 amide bonds. The molecule has 54 valence electrons.